The molecule has 4 nitrogen and oxygen atoms in total. The van der Waals surface area contributed by atoms with E-state index >= 15 is 0 Å². The number of hydrogen-bond acceptors (Lipinski definition) is 3. The molecule has 1 amide bonds. The van der Waals surface area contributed by atoms with Crippen molar-refractivity contribution in [3.05, 3.63) is 0 Å². The smallest absolute Gasteiger partial charge is 0.239 e. The molecule has 1 aliphatic rings. The third-order valence-electron chi connectivity index (χ3n) is 3.01. The van der Waals surface area contributed by atoms with Gasteiger partial charge in [-0.1, -0.05) is 13.3 Å². The quantitative estimate of drug-likeness (QED) is 0.709. The number of nitrogens with two attached hydrogens (primary N) is 1. The van der Waals surface area contributed by atoms with Crippen molar-refractivity contribution in [3.8, 4) is 0 Å². The van der Waals surface area contributed by atoms with E-state index in [1.807, 2.05) is 11.8 Å². The van der Waals surface area contributed by atoms with E-state index in [4.69, 9.17) is 10.8 Å². The molecule has 0 bridgehead atoms. The summed E-state index contributed by atoms with van der Waals surface area (Å²) in [5.74, 6) is 0.298. The molecule has 1 rings (SSSR count). The van der Waals surface area contributed by atoms with Gasteiger partial charge in [-0.3, -0.25) is 4.79 Å². The van der Waals surface area contributed by atoms with Gasteiger partial charge in [-0.15, -0.1) is 0 Å². The summed E-state index contributed by atoms with van der Waals surface area (Å²) in [6.07, 6.45) is 3.68. The lowest BCUT2D eigenvalue weighted by atomic mass is 9.98. The molecule has 0 aromatic heterocycles. The highest BCUT2D eigenvalue weighted by Gasteiger charge is 2.26. The molecule has 88 valence electrons. The second kappa shape index (κ2) is 6.08. The largest absolute Gasteiger partial charge is 0.396 e. The molecule has 3 N–H and O–H groups in total. The fourth-order valence-corrected chi connectivity index (χ4v) is 2.08. The maximum atomic E-state index is 11.9. The van der Waals surface area contributed by atoms with Gasteiger partial charge in [-0.2, -0.15) is 0 Å². The average molecular weight is 214 g/mol. The second-order valence-corrected chi connectivity index (χ2v) is 4.37. The molecule has 0 saturated carbocycles. The molecular weight excluding hydrogens is 192 g/mol. The number of amides is 1. The van der Waals surface area contributed by atoms with E-state index in [1.54, 1.807) is 0 Å². The van der Waals surface area contributed by atoms with E-state index in [2.05, 4.69) is 0 Å². The number of aliphatic hydroxyl groups is 1. The molecular formula is C11H22N2O2. The Morgan fingerprint density at radius 3 is 3.00 bits per heavy atom. The van der Waals surface area contributed by atoms with Crippen LogP contribution in [-0.2, 0) is 4.79 Å². The number of nitrogens with zero attached hydrogens (tertiary/aromatic N) is 1. The van der Waals surface area contributed by atoms with E-state index in [1.165, 1.54) is 0 Å². The van der Waals surface area contributed by atoms with Gasteiger partial charge in [-0.25, -0.2) is 0 Å². The normalized spacial score (nSPS) is 23.9. The lowest BCUT2D eigenvalue weighted by Crippen LogP contribution is -2.48. The Morgan fingerprint density at radius 2 is 2.40 bits per heavy atom. The van der Waals surface area contributed by atoms with Crippen LogP contribution >= 0.6 is 0 Å². The minimum atomic E-state index is -0.354. The number of aliphatic hydroxyl groups excluding tert-OH is 1. The Bertz CT molecular complexity index is 209. The van der Waals surface area contributed by atoms with Crippen molar-refractivity contribution in [2.75, 3.05) is 19.7 Å². The summed E-state index contributed by atoms with van der Waals surface area (Å²) in [5.41, 5.74) is 5.79. The van der Waals surface area contributed by atoms with Gasteiger partial charge >= 0.3 is 0 Å². The topological polar surface area (TPSA) is 66.6 Å². The van der Waals surface area contributed by atoms with Crippen LogP contribution in [0.15, 0.2) is 0 Å². The van der Waals surface area contributed by atoms with Gasteiger partial charge in [0.15, 0.2) is 0 Å². The van der Waals surface area contributed by atoms with Gasteiger partial charge in [-0.05, 0) is 25.2 Å². The van der Waals surface area contributed by atoms with Gasteiger partial charge in [0, 0.05) is 19.7 Å². The van der Waals surface area contributed by atoms with Crippen LogP contribution in [0.2, 0.25) is 0 Å². The molecule has 0 spiro atoms. The molecule has 2 unspecified atom stereocenters. The predicted octanol–water partition coefficient (Wildman–Crippen LogP) is 0.345. The molecule has 0 radical (unpaired) electrons. The highest BCUT2D eigenvalue weighted by molar-refractivity contribution is 5.81. The molecule has 2 atom stereocenters. The first kappa shape index (κ1) is 12.5. The van der Waals surface area contributed by atoms with Gasteiger partial charge in [0.1, 0.15) is 0 Å². The van der Waals surface area contributed by atoms with Crippen LogP contribution in [0.1, 0.15) is 32.6 Å². The van der Waals surface area contributed by atoms with E-state index in [0.717, 1.165) is 32.2 Å². The molecule has 1 aliphatic heterocycles. The van der Waals surface area contributed by atoms with E-state index in [9.17, 15) is 4.79 Å². The molecule has 0 aliphatic carbocycles. The number of carbonyl (C=O) groups excluding carboxylic acids is 1. The highest BCUT2D eigenvalue weighted by Crippen LogP contribution is 2.16. The van der Waals surface area contributed by atoms with E-state index in [0.29, 0.717) is 6.54 Å². The van der Waals surface area contributed by atoms with Crippen molar-refractivity contribution < 1.29 is 9.90 Å². The summed E-state index contributed by atoms with van der Waals surface area (Å²) in [4.78, 5) is 13.7. The molecule has 1 saturated heterocycles. The first-order valence-electron chi connectivity index (χ1n) is 5.84. The lowest BCUT2D eigenvalue weighted by Gasteiger charge is -2.33. The Morgan fingerprint density at radius 1 is 1.67 bits per heavy atom. The van der Waals surface area contributed by atoms with Gasteiger partial charge in [0.25, 0.3) is 0 Å². The maximum absolute atomic E-state index is 11.9. The Kier molecular flexibility index (Phi) is 5.05. The molecule has 0 aromatic carbocycles. The number of hydrogen-bond donors (Lipinski definition) is 2. The van der Waals surface area contributed by atoms with Crippen molar-refractivity contribution in [2.24, 2.45) is 11.7 Å². The third-order valence-corrected chi connectivity index (χ3v) is 3.01. The van der Waals surface area contributed by atoms with Crippen LogP contribution in [0.5, 0.6) is 0 Å². The van der Waals surface area contributed by atoms with Crippen LogP contribution in [0.25, 0.3) is 0 Å². The molecule has 1 heterocycles. The van der Waals surface area contributed by atoms with Crippen LogP contribution < -0.4 is 5.73 Å². The van der Waals surface area contributed by atoms with Gasteiger partial charge in [0.05, 0.1) is 6.04 Å². The van der Waals surface area contributed by atoms with Crippen molar-refractivity contribution in [1.82, 2.24) is 4.90 Å². The SMILES string of the molecule is CCCC(N)C(=O)N1CCCC(CO)C1. The van der Waals surface area contributed by atoms with Crippen molar-refractivity contribution >= 4 is 5.91 Å². The second-order valence-electron chi connectivity index (χ2n) is 4.37. The summed E-state index contributed by atoms with van der Waals surface area (Å²) < 4.78 is 0. The summed E-state index contributed by atoms with van der Waals surface area (Å²) >= 11 is 0. The maximum Gasteiger partial charge on any atom is 0.239 e. The van der Waals surface area contributed by atoms with E-state index in [-0.39, 0.29) is 24.5 Å². The number of likely N-dealkylation sites (tertiary alicyclic amines) is 1. The van der Waals surface area contributed by atoms with Gasteiger partial charge in [0.2, 0.25) is 5.91 Å². The summed E-state index contributed by atoms with van der Waals surface area (Å²) in [6, 6.07) is -0.354. The van der Waals surface area contributed by atoms with Crippen molar-refractivity contribution in [2.45, 2.75) is 38.6 Å². The molecule has 0 aromatic rings. The van der Waals surface area contributed by atoms with E-state index < -0.39 is 0 Å². The zero-order chi connectivity index (χ0) is 11.3. The standard InChI is InChI=1S/C11H22N2O2/c1-2-4-10(12)11(15)13-6-3-5-9(7-13)8-14/h9-10,14H,2-8,12H2,1H3. The molecule has 15 heavy (non-hydrogen) atoms. The fourth-order valence-electron chi connectivity index (χ4n) is 2.08. The number of piperidine rings is 1. The minimum absolute atomic E-state index is 0.0509. The summed E-state index contributed by atoms with van der Waals surface area (Å²) in [5, 5.41) is 9.06. The third kappa shape index (κ3) is 3.47. The fraction of sp³-hybridized carbons (Fsp3) is 0.909. The highest BCUT2D eigenvalue weighted by atomic mass is 16.3. The molecule has 1 fully saturated rings. The van der Waals surface area contributed by atoms with Gasteiger partial charge < -0.3 is 15.7 Å². The number of carbonyl (C=O) groups is 1. The Hall–Kier alpha value is -0.610. The Labute approximate surface area is 91.4 Å². The zero-order valence-corrected chi connectivity index (χ0v) is 9.48. The van der Waals surface area contributed by atoms with Crippen LogP contribution in [0, 0.1) is 5.92 Å². The first-order valence-corrected chi connectivity index (χ1v) is 5.84. The zero-order valence-electron chi connectivity index (χ0n) is 9.48. The predicted molar refractivity (Wildman–Crippen MR) is 59.3 cm³/mol. The van der Waals surface area contributed by atoms with Crippen molar-refractivity contribution in [3.63, 3.8) is 0 Å². The minimum Gasteiger partial charge on any atom is -0.396 e. The Balaban J connectivity index is 2.44. The van der Waals surface area contributed by atoms with Crippen LogP contribution in [-0.4, -0.2) is 41.7 Å². The summed E-state index contributed by atoms with van der Waals surface area (Å²) in [6.45, 7) is 3.67. The number of rotatable bonds is 4. The molecule has 4 heteroatoms. The van der Waals surface area contributed by atoms with Crippen LogP contribution in [0.3, 0.4) is 0 Å². The van der Waals surface area contributed by atoms with Crippen LogP contribution in [0.4, 0.5) is 0 Å². The summed E-state index contributed by atoms with van der Waals surface area (Å²) in [7, 11) is 0. The van der Waals surface area contributed by atoms with Crippen molar-refractivity contribution in [1.29, 1.82) is 0 Å². The monoisotopic (exact) mass is 214 g/mol. The average Bonchev–Trinajstić information content (AvgIpc) is 2.28. The first-order chi connectivity index (χ1) is 7.19. The lowest BCUT2D eigenvalue weighted by molar-refractivity contribution is -0.134.